The number of methoxy groups -OCH3 is 2. The molecule has 9 nitrogen and oxygen atoms in total. The zero-order chi connectivity index (χ0) is 33.2. The van der Waals surface area contributed by atoms with Crippen LogP contribution in [0.15, 0.2) is 114 Å². The lowest BCUT2D eigenvalue weighted by molar-refractivity contribution is -0.140. The van der Waals surface area contributed by atoms with E-state index in [1.807, 2.05) is 48.5 Å². The van der Waals surface area contributed by atoms with E-state index in [-0.39, 0.29) is 35.5 Å². The average molecular weight is 656 g/mol. The van der Waals surface area contributed by atoms with Gasteiger partial charge in [0.1, 0.15) is 24.1 Å². The second-order valence-corrected chi connectivity index (χ2v) is 13.5. The summed E-state index contributed by atoms with van der Waals surface area (Å²) in [5.41, 5.74) is 1.88. The maximum absolute atomic E-state index is 14.7. The number of hydrogen-bond acceptors (Lipinski definition) is 6. The number of anilines is 1. The fourth-order valence-electron chi connectivity index (χ4n) is 5.90. The molecule has 0 radical (unpaired) electrons. The topological polar surface area (TPSA) is 105 Å². The highest BCUT2D eigenvalue weighted by Gasteiger charge is 2.35. The van der Waals surface area contributed by atoms with Crippen LogP contribution in [0, 0.1) is 0 Å². The van der Waals surface area contributed by atoms with Crippen molar-refractivity contribution < 1.29 is 27.5 Å². The summed E-state index contributed by atoms with van der Waals surface area (Å²) in [5.74, 6) is 0.248. The predicted octanol–water partition coefficient (Wildman–Crippen LogP) is 5.60. The van der Waals surface area contributed by atoms with E-state index in [0.29, 0.717) is 11.5 Å². The van der Waals surface area contributed by atoms with Crippen LogP contribution in [0.5, 0.6) is 11.5 Å². The van der Waals surface area contributed by atoms with Crippen molar-refractivity contribution in [3.8, 4) is 11.5 Å². The Labute approximate surface area is 277 Å². The van der Waals surface area contributed by atoms with E-state index in [1.54, 1.807) is 55.6 Å². The van der Waals surface area contributed by atoms with Gasteiger partial charge in [0.15, 0.2) is 0 Å². The van der Waals surface area contributed by atoms with E-state index in [2.05, 4.69) is 5.32 Å². The summed E-state index contributed by atoms with van der Waals surface area (Å²) in [4.78, 5) is 30.3. The van der Waals surface area contributed by atoms with Crippen LogP contribution in [0.25, 0.3) is 0 Å². The van der Waals surface area contributed by atoms with Gasteiger partial charge in [-0.05, 0) is 60.4 Å². The molecule has 0 aromatic heterocycles. The molecule has 0 heterocycles. The number of rotatable bonds is 14. The fourth-order valence-corrected chi connectivity index (χ4v) is 7.33. The highest BCUT2D eigenvalue weighted by atomic mass is 32.2. The van der Waals surface area contributed by atoms with Gasteiger partial charge in [-0.1, -0.05) is 79.6 Å². The third-order valence-electron chi connectivity index (χ3n) is 8.41. The smallest absolute Gasteiger partial charge is 0.264 e. The van der Waals surface area contributed by atoms with Crippen molar-refractivity contribution >= 4 is 27.5 Å². The molecule has 0 saturated heterocycles. The van der Waals surface area contributed by atoms with Gasteiger partial charge in [0.05, 0.1) is 24.8 Å². The molecule has 1 aliphatic rings. The lowest BCUT2D eigenvalue weighted by atomic mass is 10.0. The van der Waals surface area contributed by atoms with Crippen molar-refractivity contribution in [2.75, 3.05) is 25.1 Å². The molecule has 4 aromatic carbocycles. The van der Waals surface area contributed by atoms with E-state index in [0.717, 1.165) is 41.1 Å². The molecule has 4 aromatic rings. The molecule has 0 spiro atoms. The first-order valence-corrected chi connectivity index (χ1v) is 17.2. The van der Waals surface area contributed by atoms with Gasteiger partial charge < -0.3 is 19.7 Å². The highest BCUT2D eigenvalue weighted by Crippen LogP contribution is 2.28. The summed E-state index contributed by atoms with van der Waals surface area (Å²) >= 11 is 0. The Morgan fingerprint density at radius 2 is 1.38 bits per heavy atom. The quantitative estimate of drug-likeness (QED) is 0.190. The first-order chi connectivity index (χ1) is 22.8. The largest absolute Gasteiger partial charge is 0.497 e. The molecule has 1 atom stereocenters. The molecule has 10 heteroatoms. The van der Waals surface area contributed by atoms with Crippen molar-refractivity contribution in [1.82, 2.24) is 10.2 Å². The van der Waals surface area contributed by atoms with Gasteiger partial charge in [-0.3, -0.25) is 13.9 Å². The average Bonchev–Trinajstić information content (AvgIpc) is 3.62. The third-order valence-corrected chi connectivity index (χ3v) is 10.2. The van der Waals surface area contributed by atoms with Gasteiger partial charge in [-0.2, -0.15) is 0 Å². The van der Waals surface area contributed by atoms with Crippen LogP contribution in [0.1, 0.15) is 36.8 Å². The number of nitrogens with zero attached hydrogens (tertiary/aromatic N) is 2. The second-order valence-electron chi connectivity index (χ2n) is 11.6. The number of ether oxygens (including phenoxy) is 2. The number of amides is 2. The predicted molar refractivity (Wildman–Crippen MR) is 182 cm³/mol. The third kappa shape index (κ3) is 8.51. The Hall–Kier alpha value is -4.83. The molecular weight excluding hydrogens is 614 g/mol. The number of benzene rings is 4. The molecule has 5 rings (SSSR count). The van der Waals surface area contributed by atoms with Gasteiger partial charge in [0, 0.05) is 25.1 Å². The lowest BCUT2D eigenvalue weighted by Gasteiger charge is -2.34. The van der Waals surface area contributed by atoms with Gasteiger partial charge >= 0.3 is 0 Å². The standard InChI is InChI=1S/C37H41N3O6S/c1-45-32-19-11-15-29(23-32)26-39(35(24-28-13-5-3-6-14-28)37(42)38-30-16-9-10-17-30)36(41)27-40(31-18-12-20-33(25-31)46-2)47(43,44)34-21-7-4-8-22-34/h3-8,11-15,18-23,25,30,35H,9-10,16-17,24,26-27H2,1-2H3,(H,38,42). The molecule has 1 saturated carbocycles. The van der Waals surface area contributed by atoms with E-state index >= 15 is 0 Å². The molecule has 2 amide bonds. The maximum atomic E-state index is 14.7. The minimum Gasteiger partial charge on any atom is -0.497 e. The van der Waals surface area contributed by atoms with E-state index in [1.165, 1.54) is 24.1 Å². The minimum atomic E-state index is -4.20. The van der Waals surface area contributed by atoms with Crippen LogP contribution in [-0.2, 0) is 32.6 Å². The molecule has 0 aliphatic heterocycles. The monoisotopic (exact) mass is 655 g/mol. The van der Waals surface area contributed by atoms with Gasteiger partial charge in [-0.25, -0.2) is 8.42 Å². The molecule has 246 valence electrons. The Morgan fingerprint density at radius 1 is 0.787 bits per heavy atom. The zero-order valence-corrected chi connectivity index (χ0v) is 27.6. The maximum Gasteiger partial charge on any atom is 0.264 e. The van der Waals surface area contributed by atoms with Crippen LogP contribution in [-0.4, -0.2) is 58.0 Å². The molecule has 47 heavy (non-hydrogen) atoms. The summed E-state index contributed by atoms with van der Waals surface area (Å²) in [6.45, 7) is -0.487. The summed E-state index contributed by atoms with van der Waals surface area (Å²) in [7, 11) is -1.15. The summed E-state index contributed by atoms with van der Waals surface area (Å²) < 4.78 is 40.3. The van der Waals surface area contributed by atoms with Crippen molar-refractivity contribution in [3.05, 3.63) is 120 Å². The molecule has 0 bridgehead atoms. The highest BCUT2D eigenvalue weighted by molar-refractivity contribution is 7.92. The Morgan fingerprint density at radius 3 is 2.04 bits per heavy atom. The summed E-state index contributed by atoms with van der Waals surface area (Å²) in [6.07, 6.45) is 4.08. The van der Waals surface area contributed by atoms with Crippen molar-refractivity contribution in [2.24, 2.45) is 0 Å². The number of carbonyl (C=O) groups is 2. The van der Waals surface area contributed by atoms with E-state index in [4.69, 9.17) is 9.47 Å². The van der Waals surface area contributed by atoms with E-state index < -0.39 is 28.5 Å². The van der Waals surface area contributed by atoms with E-state index in [9.17, 15) is 18.0 Å². The number of nitrogens with one attached hydrogen (secondary N) is 1. The lowest BCUT2D eigenvalue weighted by Crippen LogP contribution is -2.54. The van der Waals surface area contributed by atoms with Crippen LogP contribution < -0.4 is 19.1 Å². The van der Waals surface area contributed by atoms with Crippen molar-refractivity contribution in [3.63, 3.8) is 0 Å². The van der Waals surface area contributed by atoms with Crippen LogP contribution in [0.4, 0.5) is 5.69 Å². The molecule has 1 aliphatic carbocycles. The summed E-state index contributed by atoms with van der Waals surface area (Å²) in [5, 5.41) is 3.19. The first kappa shape index (κ1) is 33.5. The van der Waals surface area contributed by atoms with Crippen LogP contribution in [0.2, 0.25) is 0 Å². The number of hydrogen-bond donors (Lipinski definition) is 1. The zero-order valence-electron chi connectivity index (χ0n) is 26.7. The Kier molecular flexibility index (Phi) is 11.2. The van der Waals surface area contributed by atoms with Gasteiger partial charge in [0.25, 0.3) is 10.0 Å². The fraction of sp³-hybridized carbons (Fsp3) is 0.297. The van der Waals surface area contributed by atoms with Crippen molar-refractivity contribution in [2.45, 2.75) is 55.6 Å². The minimum absolute atomic E-state index is 0.0290. The van der Waals surface area contributed by atoms with Crippen molar-refractivity contribution in [1.29, 1.82) is 0 Å². The first-order valence-electron chi connectivity index (χ1n) is 15.8. The molecular formula is C37H41N3O6S. The number of sulfonamides is 1. The van der Waals surface area contributed by atoms with Gasteiger partial charge in [-0.15, -0.1) is 0 Å². The SMILES string of the molecule is COc1cccc(CN(C(=O)CN(c2cccc(OC)c2)S(=O)(=O)c2ccccc2)C(Cc2ccccc2)C(=O)NC2CCCC2)c1. The normalized spacial score (nSPS) is 13.8. The molecule has 1 N–H and O–H groups in total. The Bertz CT molecular complexity index is 1740. The van der Waals surface area contributed by atoms with Crippen LogP contribution in [0.3, 0.4) is 0 Å². The Balaban J connectivity index is 1.58. The number of carbonyl (C=O) groups excluding carboxylic acids is 2. The molecule has 1 fully saturated rings. The second kappa shape index (κ2) is 15.6. The van der Waals surface area contributed by atoms with Gasteiger partial charge in [0.2, 0.25) is 11.8 Å². The summed E-state index contributed by atoms with van der Waals surface area (Å²) in [6, 6.07) is 30.5. The van der Waals surface area contributed by atoms with Crippen LogP contribution >= 0.6 is 0 Å². The molecule has 1 unspecified atom stereocenters.